The van der Waals surface area contributed by atoms with E-state index in [0.717, 1.165) is 17.7 Å². The second-order valence-corrected chi connectivity index (χ2v) is 4.42. The van der Waals surface area contributed by atoms with Gasteiger partial charge < -0.3 is 0 Å². The molecule has 19 heavy (non-hydrogen) atoms. The molecular formula is C15H12BN3. The molecule has 90 valence electrons. The lowest BCUT2D eigenvalue weighted by Gasteiger charge is -2.01. The highest BCUT2D eigenvalue weighted by molar-refractivity contribution is 6.32. The summed E-state index contributed by atoms with van der Waals surface area (Å²) in [4.78, 5) is 4.09. The van der Waals surface area contributed by atoms with Crippen molar-refractivity contribution in [2.75, 3.05) is 0 Å². The Balaban J connectivity index is 1.84. The van der Waals surface area contributed by atoms with E-state index in [4.69, 9.17) is 7.85 Å². The van der Waals surface area contributed by atoms with E-state index in [2.05, 4.69) is 22.2 Å². The summed E-state index contributed by atoms with van der Waals surface area (Å²) in [7, 11) is 5.74. The van der Waals surface area contributed by atoms with Gasteiger partial charge in [0, 0.05) is 29.7 Å². The molecule has 2 heterocycles. The summed E-state index contributed by atoms with van der Waals surface area (Å²) in [5.74, 6) is 0. The highest BCUT2D eigenvalue weighted by Gasteiger charge is 2.02. The van der Waals surface area contributed by atoms with Gasteiger partial charge in [0.05, 0.1) is 12.7 Å². The molecule has 4 heteroatoms. The number of pyridine rings is 1. The van der Waals surface area contributed by atoms with Gasteiger partial charge in [0.15, 0.2) is 0 Å². The summed E-state index contributed by atoms with van der Waals surface area (Å²) in [6, 6.07) is 12.1. The van der Waals surface area contributed by atoms with Crippen LogP contribution in [0.5, 0.6) is 0 Å². The quantitative estimate of drug-likeness (QED) is 0.658. The fourth-order valence-corrected chi connectivity index (χ4v) is 1.99. The van der Waals surface area contributed by atoms with E-state index in [-0.39, 0.29) is 0 Å². The molecule has 0 saturated carbocycles. The Morgan fingerprint density at radius 1 is 1.00 bits per heavy atom. The Bertz CT molecular complexity index is 677. The molecule has 0 amide bonds. The van der Waals surface area contributed by atoms with E-state index in [1.54, 1.807) is 12.4 Å². The number of aromatic nitrogens is 3. The lowest BCUT2D eigenvalue weighted by atomic mass is 9.96. The number of benzene rings is 1. The molecule has 0 fully saturated rings. The molecule has 0 bridgehead atoms. The van der Waals surface area contributed by atoms with Gasteiger partial charge in [0.1, 0.15) is 7.85 Å². The molecule has 0 N–H and O–H groups in total. The SMILES string of the molecule is [B]c1cncc(-c2cnn(Cc3ccccc3)c2)c1. The van der Waals surface area contributed by atoms with E-state index in [1.807, 2.05) is 41.3 Å². The smallest absolute Gasteiger partial charge is 0.115 e. The Hall–Kier alpha value is -2.36. The van der Waals surface area contributed by atoms with Gasteiger partial charge in [-0.15, -0.1) is 0 Å². The zero-order valence-corrected chi connectivity index (χ0v) is 10.4. The van der Waals surface area contributed by atoms with E-state index in [0.29, 0.717) is 5.46 Å². The van der Waals surface area contributed by atoms with E-state index < -0.39 is 0 Å². The van der Waals surface area contributed by atoms with Crippen LogP contribution in [-0.2, 0) is 6.54 Å². The third-order valence-corrected chi connectivity index (χ3v) is 2.91. The monoisotopic (exact) mass is 245 g/mol. The Kier molecular flexibility index (Phi) is 3.15. The van der Waals surface area contributed by atoms with Gasteiger partial charge in [-0.25, -0.2) is 0 Å². The predicted molar refractivity (Wildman–Crippen MR) is 76.4 cm³/mol. The Morgan fingerprint density at radius 3 is 2.63 bits per heavy atom. The van der Waals surface area contributed by atoms with Gasteiger partial charge >= 0.3 is 0 Å². The van der Waals surface area contributed by atoms with Crippen molar-refractivity contribution in [2.24, 2.45) is 0 Å². The van der Waals surface area contributed by atoms with Gasteiger partial charge in [0.25, 0.3) is 0 Å². The van der Waals surface area contributed by atoms with Crippen LogP contribution in [0.2, 0.25) is 0 Å². The lowest BCUT2D eigenvalue weighted by molar-refractivity contribution is 0.687. The molecule has 3 rings (SSSR count). The summed E-state index contributed by atoms with van der Waals surface area (Å²) in [5.41, 5.74) is 3.89. The molecular weight excluding hydrogens is 233 g/mol. The van der Waals surface area contributed by atoms with Gasteiger partial charge in [-0.2, -0.15) is 5.10 Å². The molecule has 0 aliphatic rings. The first-order valence-electron chi connectivity index (χ1n) is 6.08. The van der Waals surface area contributed by atoms with Crippen molar-refractivity contribution in [3.8, 4) is 11.1 Å². The molecule has 1 aromatic carbocycles. The van der Waals surface area contributed by atoms with Gasteiger partial charge in [0.2, 0.25) is 0 Å². The second kappa shape index (κ2) is 5.10. The Labute approximate surface area is 113 Å². The van der Waals surface area contributed by atoms with Crippen molar-refractivity contribution in [3.63, 3.8) is 0 Å². The number of hydrogen-bond donors (Lipinski definition) is 0. The predicted octanol–water partition coefficient (Wildman–Crippen LogP) is 1.79. The van der Waals surface area contributed by atoms with Crippen LogP contribution in [0.15, 0.2) is 61.2 Å². The molecule has 0 aliphatic heterocycles. The van der Waals surface area contributed by atoms with Crippen molar-refractivity contribution < 1.29 is 0 Å². The van der Waals surface area contributed by atoms with Crippen molar-refractivity contribution >= 4 is 13.3 Å². The highest BCUT2D eigenvalue weighted by atomic mass is 15.3. The van der Waals surface area contributed by atoms with Gasteiger partial charge in [-0.1, -0.05) is 41.9 Å². The molecule has 2 aromatic heterocycles. The number of nitrogens with zero attached hydrogens (tertiary/aromatic N) is 3. The summed E-state index contributed by atoms with van der Waals surface area (Å²) < 4.78 is 1.91. The van der Waals surface area contributed by atoms with Crippen LogP contribution in [-0.4, -0.2) is 22.6 Å². The van der Waals surface area contributed by atoms with Crippen molar-refractivity contribution in [1.29, 1.82) is 0 Å². The standard InChI is InChI=1S/C15H12BN3/c16-15-6-13(7-17-9-15)14-8-18-19(11-14)10-12-4-2-1-3-5-12/h1-9,11H,10H2. The third-order valence-electron chi connectivity index (χ3n) is 2.91. The molecule has 2 radical (unpaired) electrons. The maximum absolute atomic E-state index is 5.74. The van der Waals surface area contributed by atoms with Gasteiger partial charge in [-0.3, -0.25) is 9.67 Å². The van der Waals surface area contributed by atoms with Crippen molar-refractivity contribution in [2.45, 2.75) is 6.54 Å². The average molecular weight is 245 g/mol. The molecule has 0 saturated heterocycles. The van der Waals surface area contributed by atoms with Crippen LogP contribution >= 0.6 is 0 Å². The fourth-order valence-electron chi connectivity index (χ4n) is 1.99. The van der Waals surface area contributed by atoms with Gasteiger partial charge in [-0.05, 0) is 5.56 Å². The van der Waals surface area contributed by atoms with Crippen LogP contribution < -0.4 is 5.46 Å². The van der Waals surface area contributed by atoms with Crippen LogP contribution in [0.25, 0.3) is 11.1 Å². The minimum absolute atomic E-state index is 0.660. The van der Waals surface area contributed by atoms with E-state index in [9.17, 15) is 0 Å². The Morgan fingerprint density at radius 2 is 1.84 bits per heavy atom. The molecule has 3 aromatic rings. The van der Waals surface area contributed by atoms with Crippen molar-refractivity contribution in [3.05, 3.63) is 66.7 Å². The zero-order valence-electron chi connectivity index (χ0n) is 10.4. The first kappa shape index (κ1) is 11.7. The lowest BCUT2D eigenvalue weighted by Crippen LogP contribution is -2.02. The summed E-state index contributed by atoms with van der Waals surface area (Å²) >= 11 is 0. The first-order chi connectivity index (χ1) is 9.31. The first-order valence-corrected chi connectivity index (χ1v) is 6.08. The van der Waals surface area contributed by atoms with E-state index >= 15 is 0 Å². The third kappa shape index (κ3) is 2.73. The minimum Gasteiger partial charge on any atom is -0.268 e. The maximum Gasteiger partial charge on any atom is 0.115 e. The molecule has 0 unspecified atom stereocenters. The zero-order chi connectivity index (χ0) is 13.1. The summed E-state index contributed by atoms with van der Waals surface area (Å²) in [5, 5.41) is 4.37. The minimum atomic E-state index is 0.660. The highest BCUT2D eigenvalue weighted by Crippen LogP contribution is 2.16. The van der Waals surface area contributed by atoms with Crippen molar-refractivity contribution in [1.82, 2.24) is 14.8 Å². The van der Waals surface area contributed by atoms with Crippen LogP contribution in [0.4, 0.5) is 0 Å². The molecule has 0 atom stereocenters. The average Bonchev–Trinajstić information content (AvgIpc) is 2.88. The second-order valence-electron chi connectivity index (χ2n) is 4.42. The van der Waals surface area contributed by atoms with Crippen LogP contribution in [0.1, 0.15) is 5.56 Å². The number of rotatable bonds is 3. The molecule has 3 nitrogen and oxygen atoms in total. The molecule has 0 aliphatic carbocycles. The summed E-state index contributed by atoms with van der Waals surface area (Å²) in [6.45, 7) is 0.761. The van der Waals surface area contributed by atoms with E-state index in [1.165, 1.54) is 5.56 Å². The van der Waals surface area contributed by atoms with Crippen LogP contribution in [0.3, 0.4) is 0 Å². The summed E-state index contributed by atoms with van der Waals surface area (Å²) in [6.07, 6.45) is 7.26. The van der Waals surface area contributed by atoms with Crippen LogP contribution in [0, 0.1) is 0 Å². The largest absolute Gasteiger partial charge is 0.268 e. The normalized spacial score (nSPS) is 10.5. The number of hydrogen-bond acceptors (Lipinski definition) is 2. The topological polar surface area (TPSA) is 30.7 Å². The maximum atomic E-state index is 5.74. The molecule has 0 spiro atoms. The fraction of sp³-hybridized carbons (Fsp3) is 0.0667.